The van der Waals surface area contributed by atoms with Crippen molar-refractivity contribution in [2.45, 2.75) is 35.8 Å². The molecule has 0 radical (unpaired) electrons. The Labute approximate surface area is 105 Å². The minimum Gasteiger partial charge on any atom is -0.480 e. The van der Waals surface area contributed by atoms with Gasteiger partial charge in [-0.05, 0) is 24.8 Å². The van der Waals surface area contributed by atoms with Crippen molar-refractivity contribution in [3.63, 3.8) is 0 Å². The van der Waals surface area contributed by atoms with Crippen LogP contribution in [0.5, 0.6) is 0 Å². The van der Waals surface area contributed by atoms with Gasteiger partial charge in [-0.2, -0.15) is 11.8 Å². The zero-order valence-electron chi connectivity index (χ0n) is 9.63. The number of hydrogen-bond acceptors (Lipinski definition) is 3. The summed E-state index contributed by atoms with van der Waals surface area (Å²) in [6.07, 6.45) is 2.41. The lowest BCUT2D eigenvalue weighted by Gasteiger charge is -2.26. The van der Waals surface area contributed by atoms with Gasteiger partial charge in [-0.25, -0.2) is 0 Å². The van der Waals surface area contributed by atoms with E-state index in [0.717, 1.165) is 18.6 Å². The second kappa shape index (κ2) is 5.10. The van der Waals surface area contributed by atoms with Crippen LogP contribution in [0.2, 0.25) is 0 Å². The van der Waals surface area contributed by atoms with Gasteiger partial charge in [0.15, 0.2) is 0 Å². The summed E-state index contributed by atoms with van der Waals surface area (Å²) >= 11 is 1.67. The number of aliphatic carboxylic acids is 1. The van der Waals surface area contributed by atoms with Gasteiger partial charge in [-0.15, -0.1) is 0 Å². The van der Waals surface area contributed by atoms with Gasteiger partial charge in [0.1, 0.15) is 5.54 Å². The van der Waals surface area contributed by atoms with Crippen LogP contribution in [0.15, 0.2) is 30.3 Å². The smallest absolute Gasteiger partial charge is 0.324 e. The van der Waals surface area contributed by atoms with Crippen LogP contribution in [0, 0.1) is 0 Å². The van der Waals surface area contributed by atoms with Crippen LogP contribution < -0.4 is 5.73 Å². The summed E-state index contributed by atoms with van der Waals surface area (Å²) in [5, 5.41) is 9.23. The van der Waals surface area contributed by atoms with E-state index in [0.29, 0.717) is 6.42 Å². The molecule has 4 heteroatoms. The molecular weight excluding hydrogens is 234 g/mol. The SMILES string of the molecule is NC1(C(=O)O)CCCC1SCc1ccccc1. The van der Waals surface area contributed by atoms with E-state index in [-0.39, 0.29) is 5.25 Å². The minimum absolute atomic E-state index is 0.0280. The van der Waals surface area contributed by atoms with Gasteiger partial charge in [0.25, 0.3) is 0 Å². The van der Waals surface area contributed by atoms with Crippen molar-refractivity contribution >= 4 is 17.7 Å². The van der Waals surface area contributed by atoms with Gasteiger partial charge in [0.2, 0.25) is 0 Å². The van der Waals surface area contributed by atoms with Gasteiger partial charge in [-0.3, -0.25) is 4.79 Å². The topological polar surface area (TPSA) is 63.3 Å². The molecule has 0 bridgehead atoms. The molecule has 0 spiro atoms. The summed E-state index contributed by atoms with van der Waals surface area (Å²) < 4.78 is 0. The van der Waals surface area contributed by atoms with Crippen molar-refractivity contribution in [3.05, 3.63) is 35.9 Å². The summed E-state index contributed by atoms with van der Waals surface area (Å²) in [7, 11) is 0. The number of carboxylic acids is 1. The van der Waals surface area contributed by atoms with Gasteiger partial charge < -0.3 is 10.8 Å². The lowest BCUT2D eigenvalue weighted by Crippen LogP contribution is -2.52. The van der Waals surface area contributed by atoms with Crippen molar-refractivity contribution in [3.8, 4) is 0 Å². The molecule has 2 atom stereocenters. The molecule has 1 aliphatic rings. The summed E-state index contributed by atoms with van der Waals surface area (Å²) in [5.41, 5.74) is 6.18. The molecule has 2 unspecified atom stereocenters. The van der Waals surface area contributed by atoms with Crippen molar-refractivity contribution in [1.82, 2.24) is 0 Å². The number of rotatable bonds is 4. The van der Waals surface area contributed by atoms with E-state index in [4.69, 9.17) is 5.73 Å². The Morgan fingerprint density at radius 3 is 2.82 bits per heavy atom. The average molecular weight is 251 g/mol. The van der Waals surface area contributed by atoms with Gasteiger partial charge in [0.05, 0.1) is 0 Å². The number of carbonyl (C=O) groups is 1. The van der Waals surface area contributed by atoms with Crippen molar-refractivity contribution in [2.75, 3.05) is 0 Å². The average Bonchev–Trinajstić information content (AvgIpc) is 2.71. The minimum atomic E-state index is -1.03. The van der Waals surface area contributed by atoms with Crippen LogP contribution >= 0.6 is 11.8 Å². The number of benzene rings is 1. The molecular formula is C13H17NO2S. The molecule has 3 N–H and O–H groups in total. The molecule has 1 fully saturated rings. The lowest BCUT2D eigenvalue weighted by atomic mass is 9.99. The van der Waals surface area contributed by atoms with Crippen molar-refractivity contribution in [1.29, 1.82) is 0 Å². The number of carboxylic acid groups (broad SMARTS) is 1. The van der Waals surface area contributed by atoms with E-state index >= 15 is 0 Å². The Morgan fingerprint density at radius 2 is 2.18 bits per heavy atom. The highest BCUT2D eigenvalue weighted by Crippen LogP contribution is 2.38. The van der Waals surface area contributed by atoms with Crippen LogP contribution in [0.1, 0.15) is 24.8 Å². The molecule has 0 aromatic heterocycles. The number of thioether (sulfide) groups is 1. The molecule has 1 aromatic carbocycles. The van der Waals surface area contributed by atoms with Crippen LogP contribution in [0.25, 0.3) is 0 Å². The summed E-state index contributed by atoms with van der Waals surface area (Å²) in [6.45, 7) is 0. The maximum absolute atomic E-state index is 11.2. The zero-order chi connectivity index (χ0) is 12.3. The molecule has 1 saturated carbocycles. The Hall–Kier alpha value is -1.00. The largest absolute Gasteiger partial charge is 0.480 e. The molecule has 2 rings (SSSR count). The molecule has 0 aliphatic heterocycles. The van der Waals surface area contributed by atoms with Gasteiger partial charge >= 0.3 is 5.97 Å². The van der Waals surface area contributed by atoms with Gasteiger partial charge in [0, 0.05) is 11.0 Å². The highest BCUT2D eigenvalue weighted by molar-refractivity contribution is 7.99. The fourth-order valence-electron chi connectivity index (χ4n) is 2.25. The fourth-order valence-corrected chi connectivity index (χ4v) is 3.68. The second-order valence-corrected chi connectivity index (χ2v) is 5.71. The molecule has 3 nitrogen and oxygen atoms in total. The highest BCUT2D eigenvalue weighted by Gasteiger charge is 2.46. The van der Waals surface area contributed by atoms with Crippen molar-refractivity contribution in [2.24, 2.45) is 5.73 Å². The highest BCUT2D eigenvalue weighted by atomic mass is 32.2. The molecule has 0 heterocycles. The standard InChI is InChI=1S/C13H17NO2S/c14-13(12(15)16)8-4-7-11(13)17-9-10-5-2-1-3-6-10/h1-3,5-6,11H,4,7-9,14H2,(H,15,16). The second-order valence-electron chi connectivity index (χ2n) is 4.52. The predicted octanol–water partition coefficient (Wildman–Crippen LogP) is 2.25. The van der Waals surface area contributed by atoms with E-state index in [9.17, 15) is 9.90 Å². The first-order chi connectivity index (χ1) is 8.13. The van der Waals surface area contributed by atoms with E-state index in [1.54, 1.807) is 11.8 Å². The van der Waals surface area contributed by atoms with Crippen LogP contribution in [-0.4, -0.2) is 21.9 Å². The predicted molar refractivity (Wildman–Crippen MR) is 69.9 cm³/mol. The molecule has 17 heavy (non-hydrogen) atoms. The molecule has 92 valence electrons. The van der Waals surface area contributed by atoms with E-state index < -0.39 is 11.5 Å². The van der Waals surface area contributed by atoms with E-state index in [1.807, 2.05) is 18.2 Å². The Balaban J connectivity index is 1.97. The van der Waals surface area contributed by atoms with Crippen LogP contribution in [0.4, 0.5) is 0 Å². The van der Waals surface area contributed by atoms with Gasteiger partial charge in [-0.1, -0.05) is 30.3 Å². The maximum Gasteiger partial charge on any atom is 0.324 e. The Bertz CT molecular complexity index is 396. The zero-order valence-corrected chi connectivity index (χ0v) is 10.5. The molecule has 1 aliphatic carbocycles. The maximum atomic E-state index is 11.2. The summed E-state index contributed by atoms with van der Waals surface area (Å²) in [4.78, 5) is 11.2. The van der Waals surface area contributed by atoms with E-state index in [2.05, 4.69) is 12.1 Å². The number of nitrogens with two attached hydrogens (primary N) is 1. The summed E-state index contributed by atoms with van der Waals surface area (Å²) in [5.74, 6) is -0.0295. The molecule has 0 amide bonds. The first kappa shape index (κ1) is 12.5. The van der Waals surface area contributed by atoms with Crippen LogP contribution in [0.3, 0.4) is 0 Å². The monoisotopic (exact) mass is 251 g/mol. The molecule has 0 saturated heterocycles. The first-order valence-electron chi connectivity index (χ1n) is 5.81. The number of hydrogen-bond donors (Lipinski definition) is 2. The lowest BCUT2D eigenvalue weighted by molar-refractivity contribution is -0.142. The quantitative estimate of drug-likeness (QED) is 0.861. The normalized spacial score (nSPS) is 28.2. The Kier molecular flexibility index (Phi) is 3.74. The molecule has 1 aromatic rings. The first-order valence-corrected chi connectivity index (χ1v) is 6.85. The third-order valence-electron chi connectivity index (χ3n) is 3.32. The van der Waals surface area contributed by atoms with Crippen molar-refractivity contribution < 1.29 is 9.90 Å². The third kappa shape index (κ3) is 2.64. The Morgan fingerprint density at radius 1 is 1.47 bits per heavy atom. The fraction of sp³-hybridized carbons (Fsp3) is 0.462. The van der Waals surface area contributed by atoms with E-state index in [1.165, 1.54) is 5.56 Å². The summed E-state index contributed by atoms with van der Waals surface area (Å²) in [6, 6.07) is 10.1. The van der Waals surface area contributed by atoms with Crippen LogP contribution in [-0.2, 0) is 10.5 Å². The third-order valence-corrected chi connectivity index (χ3v) is 4.88.